The fourth-order valence-electron chi connectivity index (χ4n) is 1.66. The Balaban J connectivity index is 2.25. The van der Waals surface area contributed by atoms with Gasteiger partial charge in [0, 0.05) is 24.2 Å². The number of alkyl halides is 3. The lowest BCUT2D eigenvalue weighted by atomic mass is 10.0. The van der Waals surface area contributed by atoms with Crippen molar-refractivity contribution in [2.45, 2.75) is 6.18 Å². The summed E-state index contributed by atoms with van der Waals surface area (Å²) in [6.45, 7) is 0. The molecule has 8 heteroatoms. The molecule has 0 fully saturated rings. The predicted octanol–water partition coefficient (Wildman–Crippen LogP) is 3.20. The number of aromatic nitrogens is 2. The van der Waals surface area contributed by atoms with Gasteiger partial charge in [-0.05, 0) is 12.1 Å². The van der Waals surface area contributed by atoms with Crippen LogP contribution in [0.1, 0.15) is 15.9 Å². The molecule has 0 bridgehead atoms. The molecular formula is C15H9F3N4O. The smallest absolute Gasteiger partial charge is 0.344 e. The molecule has 0 spiro atoms. The van der Waals surface area contributed by atoms with E-state index in [9.17, 15) is 18.0 Å². The van der Waals surface area contributed by atoms with Gasteiger partial charge in [0.25, 0.3) is 0 Å². The van der Waals surface area contributed by atoms with Crippen LogP contribution in [-0.2, 0) is 6.18 Å². The Kier molecular flexibility index (Phi) is 4.71. The highest BCUT2D eigenvalue weighted by Crippen LogP contribution is 2.29. The molecule has 1 N–H and O–H groups in total. The zero-order valence-electron chi connectivity index (χ0n) is 11.5. The van der Waals surface area contributed by atoms with Crippen molar-refractivity contribution in [3.05, 3.63) is 65.8 Å². The van der Waals surface area contributed by atoms with Crippen molar-refractivity contribution in [1.82, 2.24) is 9.97 Å². The predicted molar refractivity (Wildman–Crippen MR) is 75.1 cm³/mol. The lowest BCUT2D eigenvalue weighted by Gasteiger charge is -2.08. The highest BCUT2D eigenvalue weighted by Gasteiger charge is 2.31. The van der Waals surface area contributed by atoms with Crippen molar-refractivity contribution < 1.29 is 18.0 Å². The van der Waals surface area contributed by atoms with E-state index in [4.69, 9.17) is 5.26 Å². The van der Waals surface area contributed by atoms with Crippen molar-refractivity contribution in [3.8, 4) is 6.07 Å². The fourth-order valence-corrected chi connectivity index (χ4v) is 1.66. The zero-order valence-corrected chi connectivity index (χ0v) is 11.5. The lowest BCUT2D eigenvalue weighted by molar-refractivity contribution is -0.137. The van der Waals surface area contributed by atoms with Crippen LogP contribution in [0.4, 0.5) is 19.0 Å². The first-order chi connectivity index (χ1) is 10.9. The summed E-state index contributed by atoms with van der Waals surface area (Å²) in [7, 11) is 0. The van der Waals surface area contributed by atoms with Gasteiger partial charge in [-0.3, -0.25) is 9.78 Å². The average molecular weight is 318 g/mol. The van der Waals surface area contributed by atoms with E-state index in [0.29, 0.717) is 6.07 Å². The van der Waals surface area contributed by atoms with Crippen molar-refractivity contribution in [3.63, 3.8) is 0 Å². The maximum Gasteiger partial charge on any atom is 0.416 e. The van der Waals surface area contributed by atoms with Crippen LogP contribution in [0.5, 0.6) is 0 Å². The summed E-state index contributed by atoms with van der Waals surface area (Å²) in [6.07, 6.45) is 0.711. The number of halogens is 3. The highest BCUT2D eigenvalue weighted by molar-refractivity contribution is 6.11. The van der Waals surface area contributed by atoms with Crippen LogP contribution >= 0.6 is 0 Å². The minimum Gasteiger partial charge on any atom is -0.344 e. The number of rotatable bonds is 4. The molecule has 0 radical (unpaired) electrons. The van der Waals surface area contributed by atoms with E-state index in [-0.39, 0.29) is 17.0 Å². The molecule has 0 amide bonds. The standard InChI is InChI=1S/C15H9F3N4O/c16-15(17,18)12-3-1-2-10(6-12)14(23)11(7-19)8-22-13-9-20-4-5-21-13/h1-6,8-9H,(H,21,22)/b11-8+. The molecule has 0 saturated carbocycles. The third kappa shape index (κ3) is 4.14. The van der Waals surface area contributed by atoms with Gasteiger partial charge in [0.05, 0.1) is 11.8 Å². The first-order valence-electron chi connectivity index (χ1n) is 6.26. The first kappa shape index (κ1) is 16.2. The summed E-state index contributed by atoms with van der Waals surface area (Å²) in [5.74, 6) is -0.535. The summed E-state index contributed by atoms with van der Waals surface area (Å²) < 4.78 is 38.0. The minimum absolute atomic E-state index is 0.228. The van der Waals surface area contributed by atoms with Gasteiger partial charge in [0.1, 0.15) is 17.5 Å². The molecule has 23 heavy (non-hydrogen) atoms. The molecule has 1 aromatic carbocycles. The monoisotopic (exact) mass is 318 g/mol. The number of carbonyl (C=O) groups excluding carboxylic acids is 1. The number of anilines is 1. The minimum atomic E-state index is -4.56. The van der Waals surface area contributed by atoms with Crippen LogP contribution < -0.4 is 5.32 Å². The Bertz CT molecular complexity index is 779. The van der Waals surface area contributed by atoms with E-state index in [1.807, 2.05) is 0 Å². The quantitative estimate of drug-likeness (QED) is 0.532. The molecule has 0 aliphatic heterocycles. The summed E-state index contributed by atoms with van der Waals surface area (Å²) in [4.78, 5) is 19.8. The highest BCUT2D eigenvalue weighted by atomic mass is 19.4. The Hall–Kier alpha value is -3.21. The van der Waals surface area contributed by atoms with E-state index in [1.165, 1.54) is 24.7 Å². The number of hydrogen-bond acceptors (Lipinski definition) is 5. The Morgan fingerprint density at radius 3 is 2.70 bits per heavy atom. The molecule has 2 aromatic rings. The third-order valence-corrected chi connectivity index (χ3v) is 2.74. The van der Waals surface area contributed by atoms with E-state index in [0.717, 1.165) is 18.3 Å². The molecule has 1 aromatic heterocycles. The number of hydrogen-bond donors (Lipinski definition) is 1. The van der Waals surface area contributed by atoms with Crippen LogP contribution in [0.25, 0.3) is 0 Å². The number of carbonyl (C=O) groups is 1. The Morgan fingerprint density at radius 2 is 2.09 bits per heavy atom. The van der Waals surface area contributed by atoms with Crippen LogP contribution in [0, 0.1) is 11.3 Å². The fraction of sp³-hybridized carbons (Fsp3) is 0.0667. The molecule has 116 valence electrons. The summed E-state index contributed by atoms with van der Waals surface area (Å²) in [5.41, 5.74) is -1.54. The first-order valence-corrected chi connectivity index (χ1v) is 6.26. The zero-order chi connectivity index (χ0) is 16.9. The van der Waals surface area contributed by atoms with E-state index < -0.39 is 17.5 Å². The van der Waals surface area contributed by atoms with Crippen LogP contribution in [0.15, 0.2) is 54.6 Å². The van der Waals surface area contributed by atoms with Gasteiger partial charge in [-0.1, -0.05) is 12.1 Å². The largest absolute Gasteiger partial charge is 0.416 e. The van der Waals surface area contributed by atoms with Crippen LogP contribution in [-0.4, -0.2) is 15.8 Å². The van der Waals surface area contributed by atoms with Crippen molar-refractivity contribution in [2.75, 3.05) is 5.32 Å². The van der Waals surface area contributed by atoms with Gasteiger partial charge in [-0.15, -0.1) is 0 Å². The SMILES string of the molecule is N#C/C(=C\Nc1cnccn1)C(=O)c1cccc(C(F)(F)F)c1. The summed E-state index contributed by atoms with van der Waals surface area (Å²) >= 11 is 0. The van der Waals surface area contributed by atoms with Gasteiger partial charge in [0.2, 0.25) is 5.78 Å². The molecular weight excluding hydrogens is 309 g/mol. The van der Waals surface area contributed by atoms with Crippen molar-refractivity contribution in [2.24, 2.45) is 0 Å². The van der Waals surface area contributed by atoms with Crippen molar-refractivity contribution in [1.29, 1.82) is 5.26 Å². The third-order valence-electron chi connectivity index (χ3n) is 2.74. The van der Waals surface area contributed by atoms with Gasteiger partial charge < -0.3 is 5.32 Å². The van der Waals surface area contributed by atoms with E-state index >= 15 is 0 Å². The second-order valence-corrected chi connectivity index (χ2v) is 4.31. The lowest BCUT2D eigenvalue weighted by Crippen LogP contribution is -2.09. The number of nitrogens with one attached hydrogen (secondary N) is 1. The maximum absolute atomic E-state index is 12.7. The molecule has 0 saturated heterocycles. The Morgan fingerprint density at radius 1 is 1.30 bits per heavy atom. The maximum atomic E-state index is 12.7. The molecule has 2 rings (SSSR count). The van der Waals surface area contributed by atoms with E-state index in [1.54, 1.807) is 6.07 Å². The molecule has 0 aliphatic rings. The van der Waals surface area contributed by atoms with Gasteiger partial charge in [0.15, 0.2) is 0 Å². The van der Waals surface area contributed by atoms with Gasteiger partial charge in [-0.2, -0.15) is 18.4 Å². The number of nitrogens with zero attached hydrogens (tertiary/aromatic N) is 3. The van der Waals surface area contributed by atoms with Gasteiger partial charge >= 0.3 is 6.18 Å². The average Bonchev–Trinajstić information content (AvgIpc) is 2.55. The van der Waals surface area contributed by atoms with E-state index in [2.05, 4.69) is 15.3 Å². The number of allylic oxidation sites excluding steroid dienone is 1. The van der Waals surface area contributed by atoms with Gasteiger partial charge in [-0.25, -0.2) is 4.98 Å². The second-order valence-electron chi connectivity index (χ2n) is 4.31. The number of nitriles is 1. The number of Topliss-reactive ketones (excluding diaryl/α,β-unsaturated/α-hetero) is 1. The number of ketones is 1. The normalized spacial score (nSPS) is 11.7. The molecule has 0 unspecified atom stereocenters. The molecule has 5 nitrogen and oxygen atoms in total. The number of benzene rings is 1. The summed E-state index contributed by atoms with van der Waals surface area (Å²) in [6, 6.07) is 5.53. The summed E-state index contributed by atoms with van der Waals surface area (Å²) in [5, 5.41) is 11.6. The second kappa shape index (κ2) is 6.70. The topological polar surface area (TPSA) is 78.7 Å². The molecule has 1 heterocycles. The Labute approximate surface area is 129 Å². The van der Waals surface area contributed by atoms with Crippen LogP contribution in [0.3, 0.4) is 0 Å². The van der Waals surface area contributed by atoms with Crippen LogP contribution in [0.2, 0.25) is 0 Å². The molecule has 0 atom stereocenters. The van der Waals surface area contributed by atoms with Crippen molar-refractivity contribution >= 4 is 11.6 Å². The molecule has 0 aliphatic carbocycles.